The number of hydrogen-bond donors (Lipinski definition) is 2. The summed E-state index contributed by atoms with van der Waals surface area (Å²) in [6.45, 7) is 1.71. The molecule has 2 aliphatic heterocycles. The molecular formula is C29H33N5O3. The smallest absolute Gasteiger partial charge is 0.317 e. The lowest BCUT2D eigenvalue weighted by Gasteiger charge is -2.35. The van der Waals surface area contributed by atoms with Crippen molar-refractivity contribution in [3.8, 4) is 0 Å². The van der Waals surface area contributed by atoms with Crippen LogP contribution in [0.3, 0.4) is 0 Å². The number of hydrogen-bond acceptors (Lipinski definition) is 5. The van der Waals surface area contributed by atoms with Crippen molar-refractivity contribution in [1.82, 2.24) is 15.1 Å². The molecule has 1 saturated heterocycles. The lowest BCUT2D eigenvalue weighted by Crippen LogP contribution is -2.52. The number of guanidine groups is 1. The lowest BCUT2D eigenvalue weighted by atomic mass is 9.82. The second-order valence-electron chi connectivity index (χ2n) is 9.70. The molecule has 0 bridgehead atoms. The third-order valence-corrected chi connectivity index (χ3v) is 7.49. The molecule has 2 aromatic carbocycles. The molecule has 0 aromatic heterocycles. The van der Waals surface area contributed by atoms with Gasteiger partial charge in [-0.1, -0.05) is 85.0 Å². The van der Waals surface area contributed by atoms with Crippen molar-refractivity contribution in [3.05, 3.63) is 96.1 Å². The number of piperidine rings is 1. The van der Waals surface area contributed by atoms with Crippen molar-refractivity contribution >= 4 is 17.9 Å². The molecule has 2 atom stereocenters. The predicted octanol–water partition coefficient (Wildman–Crippen LogP) is 3.02. The summed E-state index contributed by atoms with van der Waals surface area (Å²) in [6, 6.07) is 18.9. The van der Waals surface area contributed by atoms with Crippen LogP contribution in [0.4, 0.5) is 4.79 Å². The highest BCUT2D eigenvalue weighted by Crippen LogP contribution is 2.40. The average Bonchev–Trinajstić information content (AvgIpc) is 3.20. The summed E-state index contributed by atoms with van der Waals surface area (Å²) in [6.07, 6.45) is 9.08. The van der Waals surface area contributed by atoms with Gasteiger partial charge < -0.3 is 20.7 Å². The molecule has 3 aliphatic rings. The summed E-state index contributed by atoms with van der Waals surface area (Å²) in [5.74, 6) is 0.319. The number of carbonyl (C=O) groups is 2. The van der Waals surface area contributed by atoms with Gasteiger partial charge >= 0.3 is 6.03 Å². The number of likely N-dealkylation sites (tertiary alicyclic amines) is 1. The van der Waals surface area contributed by atoms with Crippen LogP contribution in [0.1, 0.15) is 24.0 Å². The largest absolute Gasteiger partial charge is 0.375 e. The zero-order valence-corrected chi connectivity index (χ0v) is 21.0. The maximum atomic E-state index is 14.0. The number of nitrogens with two attached hydrogens (primary N) is 1. The van der Waals surface area contributed by atoms with E-state index in [-0.39, 0.29) is 36.0 Å². The molecule has 8 nitrogen and oxygen atoms in total. The summed E-state index contributed by atoms with van der Waals surface area (Å²) in [5.41, 5.74) is 6.80. The molecule has 3 N–H and O–H groups in total. The number of amides is 3. The number of aliphatic imine (C=N–C) groups is 1. The first-order valence-corrected chi connectivity index (χ1v) is 12.7. The Morgan fingerprint density at radius 1 is 1.03 bits per heavy atom. The molecule has 2 aromatic rings. The van der Waals surface area contributed by atoms with Gasteiger partial charge in [-0.3, -0.25) is 9.69 Å². The van der Waals surface area contributed by atoms with Crippen molar-refractivity contribution < 1.29 is 14.3 Å². The lowest BCUT2D eigenvalue weighted by molar-refractivity contribution is -0.130. The Balaban J connectivity index is 1.25. The second-order valence-corrected chi connectivity index (χ2v) is 9.70. The van der Waals surface area contributed by atoms with Crippen LogP contribution in [0.25, 0.3) is 0 Å². The van der Waals surface area contributed by atoms with Crippen LogP contribution in [0.15, 0.2) is 90.0 Å². The number of urea groups is 1. The summed E-state index contributed by atoms with van der Waals surface area (Å²) in [7, 11) is 1.64. The van der Waals surface area contributed by atoms with E-state index in [2.05, 4.69) is 5.32 Å². The van der Waals surface area contributed by atoms with Crippen LogP contribution in [-0.4, -0.2) is 66.6 Å². The van der Waals surface area contributed by atoms with E-state index in [1.807, 2.05) is 89.9 Å². The van der Waals surface area contributed by atoms with Gasteiger partial charge in [-0.25, -0.2) is 9.79 Å². The van der Waals surface area contributed by atoms with E-state index in [4.69, 9.17) is 15.5 Å². The Bertz CT molecular complexity index is 1160. The van der Waals surface area contributed by atoms with E-state index >= 15 is 0 Å². The van der Waals surface area contributed by atoms with Gasteiger partial charge in [0.25, 0.3) is 5.91 Å². The van der Waals surface area contributed by atoms with Crippen molar-refractivity contribution in [3.63, 3.8) is 0 Å². The average molecular weight is 500 g/mol. The zero-order valence-electron chi connectivity index (χ0n) is 21.0. The third-order valence-electron chi connectivity index (χ3n) is 7.49. The highest BCUT2D eigenvalue weighted by molar-refractivity contribution is 6.09. The monoisotopic (exact) mass is 499 g/mol. The molecule has 37 heavy (non-hydrogen) atoms. The van der Waals surface area contributed by atoms with Gasteiger partial charge in [-0.2, -0.15) is 0 Å². The maximum absolute atomic E-state index is 14.0. The first kappa shape index (κ1) is 24.8. The number of benzene rings is 2. The zero-order chi connectivity index (χ0) is 25.8. The highest BCUT2D eigenvalue weighted by Gasteiger charge is 2.50. The van der Waals surface area contributed by atoms with E-state index < -0.39 is 5.54 Å². The number of carbonyl (C=O) groups excluding carboxylic acids is 2. The molecule has 3 amide bonds. The van der Waals surface area contributed by atoms with Crippen LogP contribution in [0.5, 0.6) is 0 Å². The minimum Gasteiger partial charge on any atom is -0.375 e. The van der Waals surface area contributed by atoms with Gasteiger partial charge in [-0.05, 0) is 29.9 Å². The van der Waals surface area contributed by atoms with Gasteiger partial charge in [0.2, 0.25) is 0 Å². The number of nitrogens with one attached hydrogen (secondary N) is 1. The first-order chi connectivity index (χ1) is 18.0. The molecule has 0 saturated carbocycles. The van der Waals surface area contributed by atoms with Gasteiger partial charge in [0.15, 0.2) is 11.5 Å². The molecule has 0 radical (unpaired) electrons. The Kier molecular flexibility index (Phi) is 7.10. The predicted molar refractivity (Wildman–Crippen MR) is 143 cm³/mol. The van der Waals surface area contributed by atoms with Crippen molar-refractivity contribution in [1.29, 1.82) is 0 Å². The molecule has 8 heteroatoms. The van der Waals surface area contributed by atoms with Crippen LogP contribution >= 0.6 is 0 Å². The van der Waals surface area contributed by atoms with Crippen molar-refractivity contribution in [2.45, 2.75) is 30.5 Å². The minimum atomic E-state index is -1.19. The summed E-state index contributed by atoms with van der Waals surface area (Å²) >= 11 is 0. The molecule has 1 aliphatic carbocycles. The van der Waals surface area contributed by atoms with Crippen LogP contribution in [0, 0.1) is 5.92 Å². The SMILES string of the molecule is COC1C=CC=C[C@H]1NC(=O)N1CCC(CN2C(=O)C(c3ccccc3)(c3ccccc3)N=C2N)CC1. The second kappa shape index (κ2) is 10.6. The van der Waals surface area contributed by atoms with Gasteiger partial charge in [0, 0.05) is 26.7 Å². The van der Waals surface area contributed by atoms with Crippen LogP contribution in [-0.2, 0) is 15.1 Å². The fourth-order valence-electron chi connectivity index (χ4n) is 5.41. The Hall–Kier alpha value is -3.91. The van der Waals surface area contributed by atoms with Crippen LogP contribution < -0.4 is 11.1 Å². The van der Waals surface area contributed by atoms with Crippen molar-refractivity contribution in [2.75, 3.05) is 26.7 Å². The molecule has 2 heterocycles. The fourth-order valence-corrected chi connectivity index (χ4v) is 5.41. The van der Waals surface area contributed by atoms with E-state index in [1.54, 1.807) is 12.0 Å². The van der Waals surface area contributed by atoms with E-state index in [1.165, 1.54) is 0 Å². The normalized spacial score (nSPS) is 23.3. The van der Waals surface area contributed by atoms with E-state index in [9.17, 15) is 9.59 Å². The summed E-state index contributed by atoms with van der Waals surface area (Å²) in [4.78, 5) is 35.1. The summed E-state index contributed by atoms with van der Waals surface area (Å²) < 4.78 is 5.45. The minimum absolute atomic E-state index is 0.101. The molecule has 5 rings (SSSR count). The van der Waals surface area contributed by atoms with Gasteiger partial charge in [0.05, 0.1) is 12.1 Å². The van der Waals surface area contributed by atoms with Gasteiger partial charge in [0.1, 0.15) is 0 Å². The molecule has 0 spiro atoms. The molecule has 1 unspecified atom stereocenters. The fraction of sp³-hybridized carbons (Fsp3) is 0.345. The molecular weight excluding hydrogens is 466 g/mol. The van der Waals surface area contributed by atoms with E-state index in [0.717, 1.165) is 24.0 Å². The summed E-state index contributed by atoms with van der Waals surface area (Å²) in [5, 5.41) is 3.06. The Morgan fingerprint density at radius 3 is 2.22 bits per heavy atom. The number of methoxy groups -OCH3 is 1. The first-order valence-electron chi connectivity index (χ1n) is 12.7. The molecule has 1 fully saturated rings. The Morgan fingerprint density at radius 2 is 1.62 bits per heavy atom. The number of ether oxygens (including phenoxy) is 1. The standard InChI is InChI=1S/C29H33N5O3/c1-37-25-15-9-8-14-24(25)31-28(36)33-18-16-21(17-19-33)20-34-26(35)29(32-27(34)30,22-10-4-2-5-11-22)23-12-6-3-7-13-23/h2-15,21,24-25H,16-20H2,1H3,(H2,30,32)(H,31,36)/t24-,25?/m1/s1. The van der Waals surface area contributed by atoms with Crippen molar-refractivity contribution in [2.24, 2.45) is 16.6 Å². The number of nitrogens with zero attached hydrogens (tertiary/aromatic N) is 3. The molecule has 192 valence electrons. The maximum Gasteiger partial charge on any atom is 0.317 e. The van der Waals surface area contributed by atoms with E-state index in [0.29, 0.717) is 19.6 Å². The van der Waals surface area contributed by atoms with Gasteiger partial charge in [-0.15, -0.1) is 0 Å². The number of allylic oxidation sites excluding steroid dienone is 2. The van der Waals surface area contributed by atoms with Crippen LogP contribution in [0.2, 0.25) is 0 Å². The topological polar surface area (TPSA) is 100 Å². The quantitative estimate of drug-likeness (QED) is 0.638. The number of rotatable bonds is 6. The third kappa shape index (κ3) is 4.76. The Labute approximate surface area is 217 Å². The highest BCUT2D eigenvalue weighted by atomic mass is 16.5.